The standard InChI is InChI=1S/C23H19N3O2/c1-3-12-25-15-18(19-6-4-5-7-21(19)25)13-20-22(27)26(23(28)24-20)14-17-10-8-16(2)9-11-17/h1,4-11,13,15H,12,14H2,2H3,(H,24,28)/b20-13+. The van der Waals surface area contributed by atoms with Crippen LogP contribution >= 0.6 is 0 Å². The topological polar surface area (TPSA) is 54.3 Å². The van der Waals surface area contributed by atoms with Crippen LogP contribution in [0, 0.1) is 19.3 Å². The number of para-hydroxylation sites is 1. The van der Waals surface area contributed by atoms with E-state index in [4.69, 9.17) is 6.42 Å². The number of imide groups is 1. The van der Waals surface area contributed by atoms with E-state index in [9.17, 15) is 9.59 Å². The number of aryl methyl sites for hydroxylation is 1. The molecule has 1 aliphatic rings. The zero-order valence-electron chi connectivity index (χ0n) is 15.5. The number of nitrogens with one attached hydrogen (secondary N) is 1. The molecule has 0 saturated carbocycles. The number of hydrogen-bond donors (Lipinski definition) is 1. The Bertz CT molecular complexity index is 1150. The summed E-state index contributed by atoms with van der Waals surface area (Å²) < 4.78 is 1.95. The summed E-state index contributed by atoms with van der Waals surface area (Å²) in [5, 5.41) is 3.66. The Hall–Kier alpha value is -3.78. The lowest BCUT2D eigenvalue weighted by Crippen LogP contribution is -2.30. The van der Waals surface area contributed by atoms with Crippen molar-refractivity contribution in [2.24, 2.45) is 0 Å². The zero-order chi connectivity index (χ0) is 19.7. The minimum Gasteiger partial charge on any atom is -0.335 e. The highest BCUT2D eigenvalue weighted by molar-refractivity contribution is 6.14. The van der Waals surface area contributed by atoms with Crippen molar-refractivity contribution in [2.75, 3.05) is 0 Å². The lowest BCUT2D eigenvalue weighted by atomic mass is 10.1. The van der Waals surface area contributed by atoms with Gasteiger partial charge in [-0.1, -0.05) is 53.9 Å². The molecule has 2 heterocycles. The molecule has 1 N–H and O–H groups in total. The summed E-state index contributed by atoms with van der Waals surface area (Å²) in [7, 11) is 0. The maximum absolute atomic E-state index is 12.8. The molecule has 138 valence electrons. The van der Waals surface area contributed by atoms with E-state index < -0.39 is 6.03 Å². The first kappa shape index (κ1) is 17.6. The van der Waals surface area contributed by atoms with Crippen LogP contribution in [-0.4, -0.2) is 21.4 Å². The van der Waals surface area contributed by atoms with Gasteiger partial charge in [0, 0.05) is 22.7 Å². The molecule has 2 aromatic carbocycles. The van der Waals surface area contributed by atoms with E-state index in [0.717, 1.165) is 27.6 Å². The largest absolute Gasteiger partial charge is 0.335 e. The summed E-state index contributed by atoms with van der Waals surface area (Å²) in [4.78, 5) is 26.4. The Morgan fingerprint density at radius 2 is 1.86 bits per heavy atom. The molecule has 0 unspecified atom stereocenters. The van der Waals surface area contributed by atoms with E-state index in [1.807, 2.05) is 66.2 Å². The number of amides is 3. The normalized spacial score (nSPS) is 15.3. The van der Waals surface area contributed by atoms with Gasteiger partial charge in [-0.3, -0.25) is 9.69 Å². The van der Waals surface area contributed by atoms with Crippen LogP contribution < -0.4 is 5.32 Å². The summed E-state index contributed by atoms with van der Waals surface area (Å²) in [5.74, 6) is 2.30. The summed E-state index contributed by atoms with van der Waals surface area (Å²) >= 11 is 0. The van der Waals surface area contributed by atoms with Crippen molar-refractivity contribution in [3.63, 3.8) is 0 Å². The van der Waals surface area contributed by atoms with Crippen molar-refractivity contribution in [1.82, 2.24) is 14.8 Å². The molecule has 0 atom stereocenters. The van der Waals surface area contributed by atoms with Crippen molar-refractivity contribution in [2.45, 2.75) is 20.0 Å². The van der Waals surface area contributed by atoms with Gasteiger partial charge in [-0.2, -0.15) is 0 Å². The number of terminal acetylenes is 1. The number of aromatic nitrogens is 1. The molecule has 5 heteroatoms. The van der Waals surface area contributed by atoms with Gasteiger partial charge in [0.25, 0.3) is 5.91 Å². The van der Waals surface area contributed by atoms with Gasteiger partial charge in [-0.05, 0) is 24.6 Å². The first-order valence-corrected chi connectivity index (χ1v) is 8.98. The van der Waals surface area contributed by atoms with E-state index >= 15 is 0 Å². The Morgan fingerprint density at radius 1 is 1.11 bits per heavy atom. The molecule has 1 saturated heterocycles. The molecule has 0 bridgehead atoms. The van der Waals surface area contributed by atoms with Gasteiger partial charge < -0.3 is 9.88 Å². The molecule has 5 nitrogen and oxygen atoms in total. The summed E-state index contributed by atoms with van der Waals surface area (Å²) in [6.45, 7) is 2.67. The van der Waals surface area contributed by atoms with Crippen molar-refractivity contribution < 1.29 is 9.59 Å². The van der Waals surface area contributed by atoms with Gasteiger partial charge >= 0.3 is 6.03 Å². The number of nitrogens with zero attached hydrogens (tertiary/aromatic N) is 2. The van der Waals surface area contributed by atoms with E-state index in [-0.39, 0.29) is 18.1 Å². The fourth-order valence-electron chi connectivity index (χ4n) is 3.37. The summed E-state index contributed by atoms with van der Waals surface area (Å²) in [6.07, 6.45) is 9.08. The molecular weight excluding hydrogens is 350 g/mol. The zero-order valence-corrected chi connectivity index (χ0v) is 15.5. The second-order valence-electron chi connectivity index (χ2n) is 6.80. The molecule has 4 rings (SSSR count). The van der Waals surface area contributed by atoms with Gasteiger partial charge in [0.2, 0.25) is 0 Å². The second-order valence-corrected chi connectivity index (χ2v) is 6.80. The summed E-state index contributed by atoms with van der Waals surface area (Å²) in [6, 6.07) is 15.2. The SMILES string of the molecule is C#CCn1cc(/C=C2/NC(=O)N(Cc3ccc(C)cc3)C2=O)c2ccccc21. The molecule has 3 amide bonds. The van der Waals surface area contributed by atoms with Crippen LogP contribution in [0.4, 0.5) is 4.79 Å². The van der Waals surface area contributed by atoms with Crippen LogP contribution in [0.25, 0.3) is 17.0 Å². The third-order valence-electron chi connectivity index (χ3n) is 4.80. The molecular formula is C23H19N3O2. The highest BCUT2D eigenvalue weighted by Gasteiger charge is 2.33. The molecule has 0 aliphatic carbocycles. The van der Waals surface area contributed by atoms with Crippen LogP contribution in [0.5, 0.6) is 0 Å². The quantitative estimate of drug-likeness (QED) is 0.433. The van der Waals surface area contributed by atoms with Gasteiger partial charge in [-0.25, -0.2) is 4.79 Å². The third-order valence-corrected chi connectivity index (χ3v) is 4.80. The average Bonchev–Trinajstić information content (AvgIpc) is 3.17. The first-order chi connectivity index (χ1) is 13.6. The van der Waals surface area contributed by atoms with E-state index in [1.54, 1.807) is 6.08 Å². The van der Waals surface area contributed by atoms with Crippen molar-refractivity contribution in [3.05, 3.63) is 77.1 Å². The minimum atomic E-state index is -0.413. The molecule has 0 spiro atoms. The molecule has 1 fully saturated rings. The second kappa shape index (κ2) is 7.09. The van der Waals surface area contributed by atoms with Crippen molar-refractivity contribution >= 4 is 28.9 Å². The molecule has 1 aromatic heterocycles. The molecule has 1 aliphatic heterocycles. The number of carbonyl (C=O) groups is 2. The Labute approximate surface area is 163 Å². The predicted molar refractivity (Wildman–Crippen MR) is 109 cm³/mol. The van der Waals surface area contributed by atoms with Crippen LogP contribution in [0.15, 0.2) is 60.4 Å². The molecule has 3 aromatic rings. The number of carbonyl (C=O) groups excluding carboxylic acids is 2. The van der Waals surface area contributed by atoms with Crippen molar-refractivity contribution in [1.29, 1.82) is 0 Å². The number of benzene rings is 2. The van der Waals surface area contributed by atoms with E-state index in [2.05, 4.69) is 11.2 Å². The maximum Gasteiger partial charge on any atom is 0.329 e. The average molecular weight is 369 g/mol. The van der Waals surface area contributed by atoms with Crippen LogP contribution in [-0.2, 0) is 17.9 Å². The van der Waals surface area contributed by atoms with Gasteiger partial charge in [0.1, 0.15) is 5.70 Å². The number of fused-ring (bicyclic) bond motifs is 1. The van der Waals surface area contributed by atoms with Gasteiger partial charge in [0.15, 0.2) is 0 Å². The Balaban J connectivity index is 1.65. The lowest BCUT2D eigenvalue weighted by molar-refractivity contribution is -0.123. The van der Waals surface area contributed by atoms with Crippen LogP contribution in [0.3, 0.4) is 0 Å². The monoisotopic (exact) mass is 369 g/mol. The summed E-state index contributed by atoms with van der Waals surface area (Å²) in [5.41, 5.74) is 4.12. The van der Waals surface area contributed by atoms with Gasteiger partial charge in [-0.15, -0.1) is 6.42 Å². The molecule has 0 radical (unpaired) electrons. The predicted octanol–water partition coefficient (Wildman–Crippen LogP) is 3.68. The van der Waals surface area contributed by atoms with E-state index in [1.165, 1.54) is 4.90 Å². The minimum absolute atomic E-state index is 0.237. The lowest BCUT2D eigenvalue weighted by Gasteiger charge is -2.11. The number of rotatable bonds is 4. The Kier molecular flexibility index (Phi) is 4.46. The van der Waals surface area contributed by atoms with Crippen molar-refractivity contribution in [3.8, 4) is 12.3 Å². The number of urea groups is 1. The fourth-order valence-corrected chi connectivity index (χ4v) is 3.37. The van der Waals surface area contributed by atoms with Crippen LogP contribution in [0.1, 0.15) is 16.7 Å². The third kappa shape index (κ3) is 3.17. The van der Waals surface area contributed by atoms with Crippen LogP contribution in [0.2, 0.25) is 0 Å². The highest BCUT2D eigenvalue weighted by atomic mass is 16.2. The van der Waals surface area contributed by atoms with E-state index in [0.29, 0.717) is 6.54 Å². The maximum atomic E-state index is 12.8. The smallest absolute Gasteiger partial charge is 0.329 e. The Morgan fingerprint density at radius 3 is 2.61 bits per heavy atom. The molecule has 28 heavy (non-hydrogen) atoms. The highest BCUT2D eigenvalue weighted by Crippen LogP contribution is 2.25. The fraction of sp³-hybridized carbons (Fsp3) is 0.130. The number of hydrogen-bond acceptors (Lipinski definition) is 2. The van der Waals surface area contributed by atoms with Gasteiger partial charge in [0.05, 0.1) is 13.1 Å². The first-order valence-electron chi connectivity index (χ1n) is 8.98.